The summed E-state index contributed by atoms with van der Waals surface area (Å²) in [6, 6.07) is 9.49. The number of benzene rings is 2. The molecule has 0 fully saturated rings. The normalized spacial score (nSPS) is 10.5. The second-order valence-corrected chi connectivity index (χ2v) is 5.20. The minimum absolute atomic E-state index is 0.0743. The molecule has 0 unspecified atom stereocenters. The molecule has 0 atom stereocenters. The van der Waals surface area contributed by atoms with Gasteiger partial charge in [-0.05, 0) is 35.9 Å². The molecule has 0 radical (unpaired) electrons. The smallest absolute Gasteiger partial charge is 0.124 e. The topological polar surface area (TPSA) is 29.5 Å². The zero-order chi connectivity index (χ0) is 13.8. The molecule has 2 rings (SSSR count). The number of aliphatic hydroxyl groups excluding tert-OH is 1. The predicted octanol–water partition coefficient (Wildman–Crippen LogP) is 4.31. The summed E-state index contributed by atoms with van der Waals surface area (Å²) in [5, 5.41) is 9.49. The zero-order valence-corrected chi connectivity index (χ0v) is 12.2. The summed E-state index contributed by atoms with van der Waals surface area (Å²) in [4.78, 5) is 0. The number of rotatable bonds is 4. The van der Waals surface area contributed by atoms with Crippen LogP contribution in [0.2, 0.25) is 5.02 Å². The van der Waals surface area contributed by atoms with Gasteiger partial charge in [0.15, 0.2) is 0 Å². The summed E-state index contributed by atoms with van der Waals surface area (Å²) in [7, 11) is 0. The van der Waals surface area contributed by atoms with Crippen molar-refractivity contribution in [2.24, 2.45) is 0 Å². The summed E-state index contributed by atoms with van der Waals surface area (Å²) in [6.07, 6.45) is 0. The standard InChI is InChI=1S/C14H11BrClFO2/c15-13-4-3-12(5-10(13)7-18)19-8-9-1-2-11(17)6-14(9)16/h1-6,18H,7-8H2. The van der Waals surface area contributed by atoms with Gasteiger partial charge in [0.2, 0.25) is 0 Å². The van der Waals surface area contributed by atoms with Crippen LogP contribution in [0, 0.1) is 5.82 Å². The number of ether oxygens (including phenoxy) is 1. The van der Waals surface area contributed by atoms with Crippen LogP contribution < -0.4 is 4.74 Å². The summed E-state index contributed by atoms with van der Waals surface area (Å²) in [5.41, 5.74) is 1.44. The molecular weight excluding hydrogens is 335 g/mol. The lowest BCUT2D eigenvalue weighted by molar-refractivity contribution is 0.277. The Hall–Kier alpha value is -1.10. The Morgan fingerprint density at radius 3 is 2.63 bits per heavy atom. The molecule has 100 valence electrons. The number of halogens is 3. The van der Waals surface area contributed by atoms with E-state index in [-0.39, 0.29) is 19.0 Å². The molecule has 0 bridgehead atoms. The SMILES string of the molecule is OCc1cc(OCc2ccc(F)cc2Cl)ccc1Br. The Balaban J connectivity index is 2.10. The van der Waals surface area contributed by atoms with E-state index < -0.39 is 0 Å². The highest BCUT2D eigenvalue weighted by molar-refractivity contribution is 9.10. The van der Waals surface area contributed by atoms with Crippen molar-refractivity contribution < 1.29 is 14.2 Å². The van der Waals surface area contributed by atoms with Gasteiger partial charge < -0.3 is 9.84 Å². The number of hydrogen-bond donors (Lipinski definition) is 1. The lowest BCUT2D eigenvalue weighted by Gasteiger charge is -2.09. The molecule has 0 aliphatic heterocycles. The minimum atomic E-state index is -0.375. The number of hydrogen-bond acceptors (Lipinski definition) is 2. The average molecular weight is 346 g/mol. The molecule has 5 heteroatoms. The van der Waals surface area contributed by atoms with Crippen molar-refractivity contribution in [3.8, 4) is 5.75 Å². The highest BCUT2D eigenvalue weighted by atomic mass is 79.9. The van der Waals surface area contributed by atoms with Crippen LogP contribution in [0.1, 0.15) is 11.1 Å². The van der Waals surface area contributed by atoms with E-state index in [2.05, 4.69) is 15.9 Å². The van der Waals surface area contributed by atoms with Gasteiger partial charge in [-0.2, -0.15) is 0 Å². The van der Waals surface area contributed by atoms with Crippen molar-refractivity contribution in [3.63, 3.8) is 0 Å². The van der Waals surface area contributed by atoms with E-state index in [1.165, 1.54) is 12.1 Å². The monoisotopic (exact) mass is 344 g/mol. The molecule has 2 aromatic rings. The predicted molar refractivity (Wildman–Crippen MR) is 75.8 cm³/mol. The van der Waals surface area contributed by atoms with Gasteiger partial charge in [-0.25, -0.2) is 4.39 Å². The van der Waals surface area contributed by atoms with Gasteiger partial charge in [-0.1, -0.05) is 33.6 Å². The lowest BCUT2D eigenvalue weighted by atomic mass is 10.2. The third-order valence-corrected chi connectivity index (χ3v) is 3.72. The van der Waals surface area contributed by atoms with Crippen LogP contribution >= 0.6 is 27.5 Å². The Bertz CT molecular complexity index is 590. The Morgan fingerprint density at radius 2 is 1.95 bits per heavy atom. The molecule has 0 aromatic heterocycles. The molecule has 0 amide bonds. The Kier molecular flexibility index (Phi) is 4.80. The van der Waals surface area contributed by atoms with Crippen LogP contribution in [0.15, 0.2) is 40.9 Å². The van der Waals surface area contributed by atoms with Gasteiger partial charge >= 0.3 is 0 Å². The van der Waals surface area contributed by atoms with Crippen molar-refractivity contribution in [1.82, 2.24) is 0 Å². The van der Waals surface area contributed by atoms with Crippen molar-refractivity contribution in [3.05, 3.63) is 62.8 Å². The van der Waals surface area contributed by atoms with Crippen molar-refractivity contribution in [2.45, 2.75) is 13.2 Å². The first-order valence-electron chi connectivity index (χ1n) is 5.56. The van der Waals surface area contributed by atoms with E-state index in [0.717, 1.165) is 10.0 Å². The Labute approximate surface area is 123 Å². The van der Waals surface area contributed by atoms with E-state index in [0.29, 0.717) is 16.3 Å². The maximum atomic E-state index is 12.9. The van der Waals surface area contributed by atoms with Gasteiger partial charge in [-0.3, -0.25) is 0 Å². The molecule has 0 saturated carbocycles. The fraction of sp³-hybridized carbons (Fsp3) is 0.143. The van der Waals surface area contributed by atoms with Gasteiger partial charge in [0, 0.05) is 10.0 Å². The third kappa shape index (κ3) is 3.69. The quantitative estimate of drug-likeness (QED) is 0.894. The fourth-order valence-corrected chi connectivity index (χ4v) is 2.16. The molecule has 0 saturated heterocycles. The first-order chi connectivity index (χ1) is 9.10. The fourth-order valence-electron chi connectivity index (χ4n) is 1.56. The summed E-state index contributed by atoms with van der Waals surface area (Å²) in [6.45, 7) is 0.167. The van der Waals surface area contributed by atoms with Crippen LogP contribution in [0.3, 0.4) is 0 Å². The number of aliphatic hydroxyl groups is 1. The van der Waals surface area contributed by atoms with Crippen LogP contribution in [-0.2, 0) is 13.2 Å². The van der Waals surface area contributed by atoms with E-state index in [9.17, 15) is 4.39 Å². The molecule has 2 aromatic carbocycles. The average Bonchev–Trinajstić information content (AvgIpc) is 2.39. The van der Waals surface area contributed by atoms with Crippen LogP contribution in [0.4, 0.5) is 4.39 Å². The van der Waals surface area contributed by atoms with Crippen LogP contribution in [0.25, 0.3) is 0 Å². The zero-order valence-electron chi connectivity index (χ0n) is 9.87. The van der Waals surface area contributed by atoms with E-state index in [1.807, 2.05) is 0 Å². The molecule has 19 heavy (non-hydrogen) atoms. The van der Waals surface area contributed by atoms with Gasteiger partial charge in [0.25, 0.3) is 0 Å². The van der Waals surface area contributed by atoms with E-state index in [1.54, 1.807) is 24.3 Å². The molecule has 0 aliphatic carbocycles. The van der Waals surface area contributed by atoms with Crippen molar-refractivity contribution >= 4 is 27.5 Å². The molecule has 2 nitrogen and oxygen atoms in total. The lowest BCUT2D eigenvalue weighted by Crippen LogP contribution is -1.97. The second-order valence-electron chi connectivity index (χ2n) is 3.94. The van der Waals surface area contributed by atoms with Crippen LogP contribution in [-0.4, -0.2) is 5.11 Å². The van der Waals surface area contributed by atoms with Gasteiger partial charge in [0.05, 0.1) is 11.6 Å². The molecule has 0 heterocycles. The maximum Gasteiger partial charge on any atom is 0.124 e. The second kappa shape index (κ2) is 6.37. The van der Waals surface area contributed by atoms with Crippen molar-refractivity contribution in [1.29, 1.82) is 0 Å². The molecule has 1 N–H and O–H groups in total. The minimum Gasteiger partial charge on any atom is -0.489 e. The third-order valence-electron chi connectivity index (χ3n) is 2.60. The summed E-state index contributed by atoms with van der Waals surface area (Å²) < 4.78 is 19.3. The summed E-state index contributed by atoms with van der Waals surface area (Å²) in [5.74, 6) is 0.243. The Morgan fingerprint density at radius 1 is 1.16 bits per heavy atom. The molecular formula is C14H11BrClFO2. The summed E-state index contributed by atoms with van der Waals surface area (Å²) >= 11 is 9.24. The highest BCUT2D eigenvalue weighted by Crippen LogP contribution is 2.24. The molecule has 0 aliphatic rings. The first-order valence-corrected chi connectivity index (χ1v) is 6.73. The van der Waals surface area contributed by atoms with E-state index >= 15 is 0 Å². The van der Waals surface area contributed by atoms with Crippen molar-refractivity contribution in [2.75, 3.05) is 0 Å². The van der Waals surface area contributed by atoms with Gasteiger partial charge in [0.1, 0.15) is 18.2 Å². The molecule has 0 spiro atoms. The maximum absolute atomic E-state index is 12.9. The van der Waals surface area contributed by atoms with Gasteiger partial charge in [-0.15, -0.1) is 0 Å². The van der Waals surface area contributed by atoms with E-state index in [4.69, 9.17) is 21.4 Å². The largest absolute Gasteiger partial charge is 0.489 e. The first kappa shape index (κ1) is 14.3. The highest BCUT2D eigenvalue weighted by Gasteiger charge is 2.05. The van der Waals surface area contributed by atoms with Crippen LogP contribution in [0.5, 0.6) is 5.75 Å².